The first-order valence-corrected chi connectivity index (χ1v) is 3.91. The van der Waals surface area contributed by atoms with Crippen molar-refractivity contribution in [2.24, 2.45) is 0 Å². The lowest BCUT2D eigenvalue weighted by atomic mass is 10.6. The first-order valence-electron chi connectivity index (χ1n) is 3.91. The molecule has 4 nitrogen and oxygen atoms in total. The van der Waals surface area contributed by atoms with E-state index < -0.39 is 0 Å². The molecule has 12 heavy (non-hydrogen) atoms. The fourth-order valence-electron chi connectivity index (χ4n) is 0.578. The molecule has 0 aliphatic heterocycles. The summed E-state index contributed by atoms with van der Waals surface area (Å²) in [6, 6.07) is 2.15. The highest BCUT2D eigenvalue weighted by molar-refractivity contribution is 5.32. The molecule has 0 saturated carbocycles. The maximum absolute atomic E-state index is 4.79. The Kier molecular flexibility index (Phi) is 5.69. The molecule has 1 heterocycles. The molecule has 0 aromatic carbocycles. The van der Waals surface area contributed by atoms with Crippen molar-refractivity contribution in [3.05, 3.63) is 12.3 Å². The zero-order valence-corrected chi connectivity index (χ0v) is 7.96. The number of anilines is 1. The van der Waals surface area contributed by atoms with Crippen LogP contribution >= 0.6 is 0 Å². The van der Waals surface area contributed by atoms with Crippen LogP contribution in [0.4, 0.5) is 5.82 Å². The molecule has 0 bridgehead atoms. The molecule has 0 amide bonds. The smallest absolute Gasteiger partial charge is 0.318 e. The van der Waals surface area contributed by atoms with E-state index in [1.807, 2.05) is 13.8 Å². The first kappa shape index (κ1) is 10.7. The minimum absolute atomic E-state index is 0.381. The molecule has 4 heteroatoms. The van der Waals surface area contributed by atoms with Crippen molar-refractivity contribution in [2.75, 3.05) is 19.5 Å². The summed E-state index contributed by atoms with van der Waals surface area (Å²) in [6.45, 7) is 4.00. The van der Waals surface area contributed by atoms with E-state index in [2.05, 4.69) is 15.3 Å². The fourth-order valence-corrected chi connectivity index (χ4v) is 0.578. The quantitative estimate of drug-likeness (QED) is 0.729. The topological polar surface area (TPSA) is 47.0 Å². The Bertz CT molecular complexity index is 196. The molecular formula is C8H15N3O. The van der Waals surface area contributed by atoms with Crippen LogP contribution < -0.4 is 10.1 Å². The summed E-state index contributed by atoms with van der Waals surface area (Å²) < 4.78 is 4.79. The molecular weight excluding hydrogens is 154 g/mol. The summed E-state index contributed by atoms with van der Waals surface area (Å²) in [7, 11) is 3.33. The van der Waals surface area contributed by atoms with Crippen molar-refractivity contribution in [1.82, 2.24) is 9.97 Å². The van der Waals surface area contributed by atoms with Crippen LogP contribution in [-0.2, 0) is 0 Å². The number of aromatic nitrogens is 2. The maximum Gasteiger partial charge on any atom is 0.318 e. The molecule has 0 aliphatic carbocycles. The molecule has 1 aromatic rings. The number of rotatable bonds is 2. The van der Waals surface area contributed by atoms with Crippen LogP contribution in [0.1, 0.15) is 13.8 Å². The van der Waals surface area contributed by atoms with Gasteiger partial charge < -0.3 is 10.1 Å². The van der Waals surface area contributed by atoms with Gasteiger partial charge in [-0.1, -0.05) is 13.8 Å². The SMILES string of the molecule is CC.CNc1ccnc(OC)n1. The lowest BCUT2D eigenvalue weighted by Crippen LogP contribution is -1.96. The summed E-state index contributed by atoms with van der Waals surface area (Å²) in [6.07, 6.45) is 1.64. The Morgan fingerprint density at radius 2 is 2.08 bits per heavy atom. The number of hydrogen-bond acceptors (Lipinski definition) is 4. The van der Waals surface area contributed by atoms with Gasteiger partial charge in [0.25, 0.3) is 0 Å². The Hall–Kier alpha value is -1.32. The normalized spacial score (nSPS) is 8.00. The number of nitrogens with one attached hydrogen (secondary N) is 1. The lowest BCUT2D eigenvalue weighted by molar-refractivity contribution is 0.380. The van der Waals surface area contributed by atoms with Gasteiger partial charge in [-0.3, -0.25) is 0 Å². The standard InChI is InChI=1S/C6H9N3O.C2H6/c1-7-5-3-4-8-6(9-5)10-2;1-2/h3-4H,1-2H3,(H,7,8,9);1-2H3. The third-order valence-electron chi connectivity index (χ3n) is 1.07. The zero-order chi connectivity index (χ0) is 9.40. The second-order valence-electron chi connectivity index (χ2n) is 1.68. The highest BCUT2D eigenvalue weighted by Crippen LogP contribution is 2.04. The third kappa shape index (κ3) is 3.18. The molecule has 0 unspecified atom stereocenters. The van der Waals surface area contributed by atoms with E-state index in [1.165, 1.54) is 7.11 Å². The number of nitrogens with zero attached hydrogens (tertiary/aromatic N) is 2. The minimum Gasteiger partial charge on any atom is -0.467 e. The van der Waals surface area contributed by atoms with Gasteiger partial charge in [0.2, 0.25) is 0 Å². The van der Waals surface area contributed by atoms with Crippen molar-refractivity contribution in [3.63, 3.8) is 0 Å². The van der Waals surface area contributed by atoms with E-state index in [4.69, 9.17) is 4.74 Å². The lowest BCUT2D eigenvalue weighted by Gasteiger charge is -1.99. The molecule has 0 spiro atoms. The molecule has 1 aromatic heterocycles. The molecule has 1 N–H and O–H groups in total. The third-order valence-corrected chi connectivity index (χ3v) is 1.07. The summed E-state index contributed by atoms with van der Waals surface area (Å²) in [5.41, 5.74) is 0. The molecule has 0 saturated heterocycles. The second kappa shape index (κ2) is 6.39. The molecule has 0 fully saturated rings. The highest BCUT2D eigenvalue weighted by atomic mass is 16.5. The van der Waals surface area contributed by atoms with E-state index in [-0.39, 0.29) is 0 Å². The first-order chi connectivity index (χ1) is 5.86. The van der Waals surface area contributed by atoms with Crippen LogP contribution in [-0.4, -0.2) is 24.1 Å². The number of ether oxygens (including phenoxy) is 1. The van der Waals surface area contributed by atoms with E-state index in [0.29, 0.717) is 6.01 Å². The average Bonchev–Trinajstić information content (AvgIpc) is 2.21. The van der Waals surface area contributed by atoms with Crippen molar-refractivity contribution in [3.8, 4) is 6.01 Å². The van der Waals surface area contributed by atoms with Gasteiger partial charge in [0, 0.05) is 13.2 Å². The summed E-state index contributed by atoms with van der Waals surface area (Å²) in [4.78, 5) is 7.80. The highest BCUT2D eigenvalue weighted by Gasteiger charge is 1.93. The molecule has 0 radical (unpaired) electrons. The summed E-state index contributed by atoms with van der Waals surface area (Å²) >= 11 is 0. The van der Waals surface area contributed by atoms with Gasteiger partial charge >= 0.3 is 6.01 Å². The number of methoxy groups -OCH3 is 1. The number of hydrogen-bond donors (Lipinski definition) is 1. The predicted molar refractivity (Wildman–Crippen MR) is 49.5 cm³/mol. The van der Waals surface area contributed by atoms with Gasteiger partial charge in [0.05, 0.1) is 7.11 Å². The van der Waals surface area contributed by atoms with Crippen LogP contribution in [0.2, 0.25) is 0 Å². The largest absolute Gasteiger partial charge is 0.467 e. The molecule has 1 rings (SSSR count). The van der Waals surface area contributed by atoms with E-state index >= 15 is 0 Å². The van der Waals surface area contributed by atoms with Gasteiger partial charge in [-0.05, 0) is 6.07 Å². The average molecular weight is 169 g/mol. The van der Waals surface area contributed by atoms with Gasteiger partial charge in [-0.2, -0.15) is 4.98 Å². The van der Waals surface area contributed by atoms with Crippen LogP contribution in [0.3, 0.4) is 0 Å². The van der Waals surface area contributed by atoms with E-state index in [0.717, 1.165) is 5.82 Å². The molecule has 0 atom stereocenters. The van der Waals surface area contributed by atoms with Gasteiger partial charge in [0.15, 0.2) is 0 Å². The monoisotopic (exact) mass is 169 g/mol. The Balaban J connectivity index is 0.000000561. The van der Waals surface area contributed by atoms with Crippen LogP contribution in [0.15, 0.2) is 12.3 Å². The summed E-state index contributed by atoms with van der Waals surface area (Å²) in [5.74, 6) is 0.756. The Labute approximate surface area is 73.0 Å². The van der Waals surface area contributed by atoms with Crippen LogP contribution in [0.25, 0.3) is 0 Å². The second-order valence-corrected chi connectivity index (χ2v) is 1.68. The molecule has 0 aliphatic rings. The van der Waals surface area contributed by atoms with Crippen LogP contribution in [0.5, 0.6) is 6.01 Å². The van der Waals surface area contributed by atoms with Crippen molar-refractivity contribution in [1.29, 1.82) is 0 Å². The van der Waals surface area contributed by atoms with E-state index in [1.54, 1.807) is 19.3 Å². The Morgan fingerprint density at radius 3 is 2.58 bits per heavy atom. The summed E-state index contributed by atoms with van der Waals surface area (Å²) in [5, 5.41) is 2.87. The predicted octanol–water partition coefficient (Wildman–Crippen LogP) is 1.55. The fraction of sp³-hybridized carbons (Fsp3) is 0.500. The van der Waals surface area contributed by atoms with Crippen LogP contribution in [0, 0.1) is 0 Å². The van der Waals surface area contributed by atoms with E-state index in [9.17, 15) is 0 Å². The van der Waals surface area contributed by atoms with Gasteiger partial charge in [-0.15, -0.1) is 0 Å². The van der Waals surface area contributed by atoms with Crippen molar-refractivity contribution >= 4 is 5.82 Å². The molecule has 68 valence electrons. The van der Waals surface area contributed by atoms with Crippen molar-refractivity contribution < 1.29 is 4.74 Å². The van der Waals surface area contributed by atoms with Crippen molar-refractivity contribution in [2.45, 2.75) is 13.8 Å². The van der Waals surface area contributed by atoms with Gasteiger partial charge in [0.1, 0.15) is 5.82 Å². The minimum atomic E-state index is 0.381. The van der Waals surface area contributed by atoms with Gasteiger partial charge in [-0.25, -0.2) is 4.98 Å². The Morgan fingerprint density at radius 1 is 1.42 bits per heavy atom. The zero-order valence-electron chi connectivity index (χ0n) is 7.96. The maximum atomic E-state index is 4.79.